The third kappa shape index (κ3) is 2.86. The zero-order valence-corrected chi connectivity index (χ0v) is 18.4. The molecule has 3 atom stereocenters. The second-order valence-corrected chi connectivity index (χ2v) is 9.75. The van der Waals surface area contributed by atoms with E-state index in [0.717, 1.165) is 36.0 Å². The molecule has 30 heavy (non-hydrogen) atoms. The first-order valence-corrected chi connectivity index (χ1v) is 10.9. The molecule has 0 amide bonds. The summed E-state index contributed by atoms with van der Waals surface area (Å²) in [6.45, 7) is 8.28. The summed E-state index contributed by atoms with van der Waals surface area (Å²) in [4.78, 5) is 12.7. The first-order chi connectivity index (χ1) is 14.2. The van der Waals surface area contributed by atoms with Gasteiger partial charge in [-0.25, -0.2) is 4.79 Å². The highest BCUT2D eigenvalue weighted by Gasteiger charge is 2.74. The van der Waals surface area contributed by atoms with Gasteiger partial charge in [-0.05, 0) is 55.6 Å². The maximum absolute atomic E-state index is 12.7. The van der Waals surface area contributed by atoms with Gasteiger partial charge in [0.25, 0.3) is 0 Å². The molecule has 0 spiro atoms. The molecule has 2 aromatic rings. The van der Waals surface area contributed by atoms with Gasteiger partial charge in [-0.15, -0.1) is 0 Å². The van der Waals surface area contributed by atoms with E-state index in [1.807, 2.05) is 74.5 Å². The van der Waals surface area contributed by atoms with Crippen molar-refractivity contribution >= 4 is 5.97 Å². The predicted octanol–water partition coefficient (Wildman–Crippen LogP) is 5.63. The molecule has 4 rings (SSSR count). The van der Waals surface area contributed by atoms with Gasteiger partial charge in [0.15, 0.2) is 0 Å². The van der Waals surface area contributed by atoms with Crippen LogP contribution in [0.1, 0.15) is 58.1 Å². The monoisotopic (exact) mass is 404 g/mol. The molecular formula is C27H32O3. The van der Waals surface area contributed by atoms with E-state index in [9.17, 15) is 9.90 Å². The topological polar surface area (TPSA) is 46.5 Å². The molecule has 2 saturated carbocycles. The Balaban J connectivity index is 1.92. The van der Waals surface area contributed by atoms with Crippen molar-refractivity contribution < 1.29 is 14.6 Å². The molecule has 2 aliphatic carbocycles. The van der Waals surface area contributed by atoms with Crippen LogP contribution in [0.2, 0.25) is 0 Å². The summed E-state index contributed by atoms with van der Waals surface area (Å²) in [6.07, 6.45) is 3.84. The second kappa shape index (κ2) is 7.39. The van der Waals surface area contributed by atoms with Crippen LogP contribution in [0.4, 0.5) is 0 Å². The predicted molar refractivity (Wildman–Crippen MR) is 119 cm³/mol. The third-order valence-corrected chi connectivity index (χ3v) is 7.80. The van der Waals surface area contributed by atoms with Crippen LogP contribution < -0.4 is 0 Å². The van der Waals surface area contributed by atoms with E-state index < -0.39 is 11.0 Å². The summed E-state index contributed by atoms with van der Waals surface area (Å²) in [5.74, 6) is 0.0900. The minimum absolute atomic E-state index is 0.191. The summed E-state index contributed by atoms with van der Waals surface area (Å²) in [5.41, 5.74) is 0.560. The SMILES string of the molecule is CC(C)=CC(=O)OC1CC2CCC1(C(O)(c1ccccc1)c1ccccc1)C2(C)C. The zero-order valence-electron chi connectivity index (χ0n) is 18.4. The number of hydrogen-bond acceptors (Lipinski definition) is 3. The average Bonchev–Trinajstić information content (AvgIpc) is 3.11. The summed E-state index contributed by atoms with van der Waals surface area (Å²) in [7, 11) is 0. The maximum Gasteiger partial charge on any atom is 0.330 e. The fourth-order valence-corrected chi connectivity index (χ4v) is 6.38. The lowest BCUT2D eigenvalue weighted by Crippen LogP contribution is -2.57. The van der Waals surface area contributed by atoms with Gasteiger partial charge in [-0.1, -0.05) is 80.1 Å². The van der Waals surface area contributed by atoms with E-state index in [0.29, 0.717) is 5.92 Å². The molecule has 158 valence electrons. The largest absolute Gasteiger partial charge is 0.458 e. The Morgan fingerprint density at radius 3 is 2.03 bits per heavy atom. The summed E-state index contributed by atoms with van der Waals surface area (Å²) in [5, 5.41) is 12.7. The highest BCUT2D eigenvalue weighted by molar-refractivity contribution is 5.82. The Morgan fingerprint density at radius 1 is 1.03 bits per heavy atom. The van der Waals surface area contributed by atoms with Crippen molar-refractivity contribution in [3.05, 3.63) is 83.4 Å². The van der Waals surface area contributed by atoms with Crippen LogP contribution in [0, 0.1) is 16.7 Å². The molecule has 0 heterocycles. The van der Waals surface area contributed by atoms with Gasteiger partial charge < -0.3 is 9.84 Å². The highest BCUT2D eigenvalue weighted by atomic mass is 16.5. The number of allylic oxidation sites excluding steroid dienone is 1. The van der Waals surface area contributed by atoms with Crippen molar-refractivity contribution in [3.63, 3.8) is 0 Å². The average molecular weight is 405 g/mol. The van der Waals surface area contributed by atoms with E-state index >= 15 is 0 Å². The van der Waals surface area contributed by atoms with Gasteiger partial charge in [0.05, 0.1) is 0 Å². The van der Waals surface area contributed by atoms with E-state index in [2.05, 4.69) is 13.8 Å². The smallest absolute Gasteiger partial charge is 0.330 e. The molecule has 2 fully saturated rings. The molecule has 2 bridgehead atoms. The lowest BCUT2D eigenvalue weighted by atomic mass is 9.54. The van der Waals surface area contributed by atoms with Crippen LogP contribution >= 0.6 is 0 Å². The second-order valence-electron chi connectivity index (χ2n) is 9.75. The molecule has 3 nitrogen and oxygen atoms in total. The quantitative estimate of drug-likeness (QED) is 0.519. The van der Waals surface area contributed by atoms with Gasteiger partial charge in [-0.2, -0.15) is 0 Å². The number of benzene rings is 2. The Bertz CT molecular complexity index is 901. The first-order valence-electron chi connectivity index (χ1n) is 10.9. The minimum Gasteiger partial charge on any atom is -0.458 e. The fourth-order valence-electron chi connectivity index (χ4n) is 6.38. The Kier molecular flexibility index (Phi) is 5.14. The van der Waals surface area contributed by atoms with E-state index in [-0.39, 0.29) is 17.5 Å². The number of rotatable bonds is 5. The number of fused-ring (bicyclic) bond motifs is 2. The molecular weight excluding hydrogens is 372 g/mol. The van der Waals surface area contributed by atoms with Gasteiger partial charge >= 0.3 is 5.97 Å². The van der Waals surface area contributed by atoms with E-state index in [1.165, 1.54) is 0 Å². The molecule has 3 unspecified atom stereocenters. The number of esters is 1. The number of carbonyl (C=O) groups excluding carboxylic acids is 1. The van der Waals surface area contributed by atoms with Crippen molar-refractivity contribution in [2.24, 2.45) is 16.7 Å². The van der Waals surface area contributed by atoms with Gasteiger partial charge in [0.2, 0.25) is 0 Å². The van der Waals surface area contributed by atoms with Crippen molar-refractivity contribution in [2.75, 3.05) is 0 Å². The zero-order chi connectivity index (χ0) is 21.6. The third-order valence-electron chi connectivity index (χ3n) is 7.80. The molecule has 3 heteroatoms. The van der Waals surface area contributed by atoms with E-state index in [4.69, 9.17) is 4.74 Å². The first kappa shape index (κ1) is 20.9. The summed E-state index contributed by atoms with van der Waals surface area (Å²) < 4.78 is 6.11. The normalized spacial score (nSPS) is 27.0. The minimum atomic E-state index is -1.26. The van der Waals surface area contributed by atoms with Crippen LogP contribution in [0.5, 0.6) is 0 Å². The maximum atomic E-state index is 12.7. The van der Waals surface area contributed by atoms with Crippen molar-refractivity contribution in [1.82, 2.24) is 0 Å². The Hall–Kier alpha value is -2.39. The van der Waals surface area contributed by atoms with Crippen molar-refractivity contribution in [1.29, 1.82) is 0 Å². The fraction of sp³-hybridized carbons (Fsp3) is 0.444. The van der Waals surface area contributed by atoms with Crippen LogP contribution in [-0.4, -0.2) is 17.2 Å². The Labute approximate surface area is 179 Å². The lowest BCUT2D eigenvalue weighted by Gasteiger charge is -2.53. The van der Waals surface area contributed by atoms with Gasteiger partial charge in [0.1, 0.15) is 11.7 Å². The molecule has 2 aliphatic rings. The number of ether oxygens (including phenoxy) is 1. The Morgan fingerprint density at radius 2 is 1.57 bits per heavy atom. The molecule has 2 aromatic carbocycles. The summed E-state index contributed by atoms with van der Waals surface area (Å²) >= 11 is 0. The molecule has 0 aliphatic heterocycles. The van der Waals surface area contributed by atoms with Crippen LogP contribution in [0.25, 0.3) is 0 Å². The highest BCUT2D eigenvalue weighted by Crippen LogP contribution is 2.73. The number of aliphatic hydroxyl groups is 1. The van der Waals surface area contributed by atoms with E-state index in [1.54, 1.807) is 6.08 Å². The van der Waals surface area contributed by atoms with Gasteiger partial charge in [0, 0.05) is 11.5 Å². The number of carbonyl (C=O) groups is 1. The molecule has 0 aromatic heterocycles. The lowest BCUT2D eigenvalue weighted by molar-refractivity contribution is -0.180. The summed E-state index contributed by atoms with van der Waals surface area (Å²) in [6, 6.07) is 19.8. The van der Waals surface area contributed by atoms with Crippen LogP contribution in [0.3, 0.4) is 0 Å². The van der Waals surface area contributed by atoms with Crippen molar-refractivity contribution in [2.45, 2.75) is 58.7 Å². The van der Waals surface area contributed by atoms with Crippen LogP contribution in [0.15, 0.2) is 72.3 Å². The molecule has 0 radical (unpaired) electrons. The number of hydrogen-bond donors (Lipinski definition) is 1. The molecule has 1 N–H and O–H groups in total. The van der Waals surface area contributed by atoms with Crippen LogP contribution in [-0.2, 0) is 15.1 Å². The van der Waals surface area contributed by atoms with Crippen molar-refractivity contribution in [3.8, 4) is 0 Å². The standard InChI is InChI=1S/C27H32O3/c1-19(2)17-24(28)30-23-18-22-15-16-26(23,25(22,3)4)27(29,20-11-7-5-8-12-20)21-13-9-6-10-14-21/h5-14,17,22-23,29H,15-16,18H2,1-4H3. The molecule has 0 saturated heterocycles. The van der Waals surface area contributed by atoms with Gasteiger partial charge in [-0.3, -0.25) is 0 Å².